The Balaban J connectivity index is 2.18. The lowest BCUT2D eigenvalue weighted by atomic mass is 10.0. The number of benzene rings is 1. The first-order valence-corrected chi connectivity index (χ1v) is 6.57. The van der Waals surface area contributed by atoms with Crippen molar-refractivity contribution in [1.82, 2.24) is 10.3 Å². The molecule has 3 N–H and O–H groups in total. The first kappa shape index (κ1) is 13.1. The topological polar surface area (TPSA) is 58.4 Å². The van der Waals surface area contributed by atoms with E-state index >= 15 is 0 Å². The van der Waals surface area contributed by atoms with Gasteiger partial charge in [-0.25, -0.2) is 5.84 Å². The lowest BCUT2D eigenvalue weighted by molar-refractivity contribution is -0.126. The van der Waals surface area contributed by atoms with Crippen molar-refractivity contribution in [3.8, 4) is 0 Å². The minimum atomic E-state index is -0.124. The van der Waals surface area contributed by atoms with E-state index < -0.39 is 0 Å². The van der Waals surface area contributed by atoms with Gasteiger partial charge >= 0.3 is 0 Å². The molecule has 0 bridgehead atoms. The van der Waals surface area contributed by atoms with Gasteiger partial charge in [-0.05, 0) is 36.9 Å². The third-order valence-corrected chi connectivity index (χ3v) is 3.66. The maximum Gasteiger partial charge on any atom is 0.251 e. The molecule has 4 nitrogen and oxygen atoms in total. The fourth-order valence-electron chi connectivity index (χ4n) is 2.70. The fraction of sp³-hybridized carbons (Fsp3) is 0.500. The molecular weight excluding hydrogens is 226 g/mol. The number of fused-ring (bicyclic) bond motifs is 1. The van der Waals surface area contributed by atoms with Crippen LogP contribution in [0.3, 0.4) is 0 Å². The zero-order valence-electron chi connectivity index (χ0n) is 10.9. The minimum absolute atomic E-state index is 0.0862. The van der Waals surface area contributed by atoms with Gasteiger partial charge in [-0.15, -0.1) is 0 Å². The summed E-state index contributed by atoms with van der Waals surface area (Å²) in [5.74, 6) is 5.18. The Morgan fingerprint density at radius 1 is 1.44 bits per heavy atom. The zero-order valence-corrected chi connectivity index (χ0v) is 10.9. The molecule has 18 heavy (non-hydrogen) atoms. The van der Waals surface area contributed by atoms with Gasteiger partial charge in [0.2, 0.25) is 0 Å². The average molecular weight is 247 g/mol. The van der Waals surface area contributed by atoms with Gasteiger partial charge < -0.3 is 0 Å². The van der Waals surface area contributed by atoms with Crippen LogP contribution in [0.4, 0.5) is 0 Å². The van der Waals surface area contributed by atoms with Gasteiger partial charge in [-0.1, -0.05) is 31.2 Å². The third kappa shape index (κ3) is 2.71. The highest BCUT2D eigenvalue weighted by atomic mass is 16.2. The van der Waals surface area contributed by atoms with Crippen LogP contribution in [0.25, 0.3) is 0 Å². The summed E-state index contributed by atoms with van der Waals surface area (Å²) in [4.78, 5) is 14.0. The molecule has 1 aromatic carbocycles. The molecular formula is C14H21N3O. The summed E-state index contributed by atoms with van der Waals surface area (Å²) in [6, 6.07) is 8.36. The molecule has 1 unspecified atom stereocenters. The smallest absolute Gasteiger partial charge is 0.251 e. The Labute approximate surface area is 108 Å². The number of nitrogens with zero attached hydrogens (tertiary/aromatic N) is 1. The molecule has 1 aliphatic rings. The normalized spacial score (nSPS) is 17.7. The highest BCUT2D eigenvalue weighted by molar-refractivity contribution is 5.81. The molecule has 1 aromatic rings. The van der Waals surface area contributed by atoms with E-state index in [0.717, 1.165) is 32.4 Å². The molecule has 0 saturated carbocycles. The van der Waals surface area contributed by atoms with Crippen LogP contribution in [0.2, 0.25) is 0 Å². The van der Waals surface area contributed by atoms with Crippen molar-refractivity contribution in [2.75, 3.05) is 6.54 Å². The number of amides is 1. The first-order valence-electron chi connectivity index (χ1n) is 6.57. The third-order valence-electron chi connectivity index (χ3n) is 3.66. The van der Waals surface area contributed by atoms with Crippen LogP contribution in [-0.4, -0.2) is 23.4 Å². The van der Waals surface area contributed by atoms with E-state index in [9.17, 15) is 4.79 Å². The zero-order chi connectivity index (χ0) is 13.0. The number of nitrogens with one attached hydrogen (secondary N) is 1. The Morgan fingerprint density at radius 3 is 2.83 bits per heavy atom. The maximum atomic E-state index is 11.8. The molecule has 0 radical (unpaired) electrons. The highest BCUT2D eigenvalue weighted by Crippen LogP contribution is 2.20. The van der Waals surface area contributed by atoms with Crippen molar-refractivity contribution in [2.24, 2.45) is 5.84 Å². The van der Waals surface area contributed by atoms with Crippen molar-refractivity contribution in [3.63, 3.8) is 0 Å². The standard InChI is InChI=1S/C14H21N3O/c1-2-13(14(18)16-15)17-9-5-8-11-6-3-4-7-12(11)10-17/h3-4,6-7,13H,2,5,8-10,15H2,1H3,(H,16,18). The Bertz CT molecular complexity index is 419. The molecule has 0 fully saturated rings. The van der Waals surface area contributed by atoms with E-state index in [4.69, 9.17) is 5.84 Å². The monoisotopic (exact) mass is 247 g/mol. The second-order valence-electron chi connectivity index (χ2n) is 4.78. The number of aryl methyl sites for hydroxylation is 1. The molecule has 0 spiro atoms. The lowest BCUT2D eigenvalue weighted by Gasteiger charge is -2.28. The summed E-state index contributed by atoms with van der Waals surface area (Å²) in [6.45, 7) is 3.80. The summed E-state index contributed by atoms with van der Waals surface area (Å²) in [7, 11) is 0. The number of carbonyl (C=O) groups excluding carboxylic acids is 1. The summed E-state index contributed by atoms with van der Waals surface area (Å²) in [5, 5.41) is 0. The van der Waals surface area contributed by atoms with E-state index in [-0.39, 0.29) is 11.9 Å². The second-order valence-corrected chi connectivity index (χ2v) is 4.78. The van der Waals surface area contributed by atoms with Crippen LogP contribution in [-0.2, 0) is 17.8 Å². The number of rotatable bonds is 3. The number of carbonyl (C=O) groups is 1. The van der Waals surface area contributed by atoms with Crippen LogP contribution in [0.15, 0.2) is 24.3 Å². The molecule has 98 valence electrons. The van der Waals surface area contributed by atoms with Crippen LogP contribution in [0.5, 0.6) is 0 Å². The summed E-state index contributed by atoms with van der Waals surface area (Å²) >= 11 is 0. The van der Waals surface area contributed by atoms with Gasteiger partial charge in [0.05, 0.1) is 6.04 Å². The molecule has 4 heteroatoms. The lowest BCUT2D eigenvalue weighted by Crippen LogP contribution is -2.48. The summed E-state index contributed by atoms with van der Waals surface area (Å²) in [6.07, 6.45) is 2.96. The van der Waals surface area contributed by atoms with E-state index in [1.165, 1.54) is 11.1 Å². The number of hydrogen-bond acceptors (Lipinski definition) is 3. The molecule has 1 atom stereocenters. The van der Waals surface area contributed by atoms with Gasteiger partial charge in [0, 0.05) is 6.54 Å². The summed E-state index contributed by atoms with van der Waals surface area (Å²) < 4.78 is 0. The number of hydrazine groups is 1. The Hall–Kier alpha value is -1.39. The predicted molar refractivity (Wildman–Crippen MR) is 71.6 cm³/mol. The van der Waals surface area contributed by atoms with E-state index in [1.807, 2.05) is 6.92 Å². The van der Waals surface area contributed by atoms with Crippen LogP contribution in [0.1, 0.15) is 30.9 Å². The van der Waals surface area contributed by atoms with Crippen molar-refractivity contribution in [3.05, 3.63) is 35.4 Å². The van der Waals surface area contributed by atoms with Crippen molar-refractivity contribution >= 4 is 5.91 Å². The number of nitrogens with two attached hydrogens (primary N) is 1. The SMILES string of the molecule is CCC(C(=O)NN)N1CCCc2ccccc2C1. The minimum Gasteiger partial charge on any atom is -0.293 e. The first-order chi connectivity index (χ1) is 8.76. The van der Waals surface area contributed by atoms with Gasteiger partial charge in [-0.2, -0.15) is 0 Å². The van der Waals surface area contributed by atoms with Gasteiger partial charge in [0.15, 0.2) is 0 Å². The van der Waals surface area contributed by atoms with Gasteiger partial charge in [0.25, 0.3) is 5.91 Å². The van der Waals surface area contributed by atoms with Gasteiger partial charge in [-0.3, -0.25) is 15.1 Å². The molecule has 0 saturated heterocycles. The highest BCUT2D eigenvalue weighted by Gasteiger charge is 2.25. The largest absolute Gasteiger partial charge is 0.293 e. The number of hydrogen-bond donors (Lipinski definition) is 2. The van der Waals surface area contributed by atoms with Crippen LogP contribution in [0, 0.1) is 0 Å². The molecule has 1 aliphatic heterocycles. The molecule has 1 amide bonds. The van der Waals surface area contributed by atoms with Crippen molar-refractivity contribution in [2.45, 2.75) is 38.8 Å². The molecule has 2 rings (SSSR count). The maximum absolute atomic E-state index is 11.8. The van der Waals surface area contributed by atoms with Gasteiger partial charge in [0.1, 0.15) is 0 Å². The van der Waals surface area contributed by atoms with Crippen LogP contribution < -0.4 is 11.3 Å². The molecule has 0 aliphatic carbocycles. The molecule has 1 heterocycles. The van der Waals surface area contributed by atoms with E-state index in [1.54, 1.807) is 0 Å². The average Bonchev–Trinajstić information content (AvgIpc) is 2.61. The van der Waals surface area contributed by atoms with E-state index in [2.05, 4.69) is 34.6 Å². The fourth-order valence-corrected chi connectivity index (χ4v) is 2.70. The summed E-state index contributed by atoms with van der Waals surface area (Å²) in [5.41, 5.74) is 5.01. The Morgan fingerprint density at radius 2 is 2.17 bits per heavy atom. The Kier molecular flexibility index (Phi) is 4.33. The van der Waals surface area contributed by atoms with Crippen molar-refractivity contribution in [1.29, 1.82) is 0 Å². The van der Waals surface area contributed by atoms with Crippen LogP contribution >= 0.6 is 0 Å². The van der Waals surface area contributed by atoms with Crippen molar-refractivity contribution < 1.29 is 4.79 Å². The predicted octanol–water partition coefficient (Wildman–Crippen LogP) is 1.20. The van der Waals surface area contributed by atoms with E-state index in [0.29, 0.717) is 0 Å². The quantitative estimate of drug-likeness (QED) is 0.479. The molecule has 0 aromatic heterocycles. The second kappa shape index (κ2) is 5.98.